The fraction of sp³-hybridized carbons (Fsp3) is 0.667. The van der Waals surface area contributed by atoms with Gasteiger partial charge in [-0.05, 0) is 20.3 Å². The summed E-state index contributed by atoms with van der Waals surface area (Å²) >= 11 is 0. The van der Waals surface area contributed by atoms with E-state index in [0.29, 0.717) is 6.42 Å². The van der Waals surface area contributed by atoms with Gasteiger partial charge in [0.1, 0.15) is 0 Å². The zero-order valence-electron chi connectivity index (χ0n) is 4.90. The highest BCUT2D eigenvalue weighted by molar-refractivity contribution is 4.89. The lowest BCUT2D eigenvalue weighted by Crippen LogP contribution is -1.95. The smallest absolute Gasteiger partial charge is 0.0938 e. The van der Waals surface area contributed by atoms with Crippen molar-refractivity contribution in [2.24, 2.45) is 0 Å². The van der Waals surface area contributed by atoms with Gasteiger partial charge >= 0.3 is 0 Å². The van der Waals surface area contributed by atoms with Crippen LogP contribution in [0.5, 0.6) is 0 Å². The van der Waals surface area contributed by atoms with Crippen LogP contribution in [0.4, 0.5) is 0 Å². The lowest BCUT2D eigenvalue weighted by molar-refractivity contribution is 0.106. The van der Waals surface area contributed by atoms with Gasteiger partial charge in [-0.1, -0.05) is 5.57 Å². The highest BCUT2D eigenvalue weighted by Gasteiger charge is 1.94. The molecule has 1 radical (unpaired) electrons. The Labute approximate surface area is 44.7 Å². The molecule has 0 saturated heterocycles. The molecule has 0 saturated carbocycles. The molecule has 0 rings (SSSR count). The van der Waals surface area contributed by atoms with Crippen LogP contribution in [0.15, 0.2) is 12.2 Å². The third kappa shape index (κ3) is 5.70. The predicted molar refractivity (Wildman–Crippen MR) is 29.6 cm³/mol. The van der Waals surface area contributed by atoms with Crippen LogP contribution in [0.1, 0.15) is 20.3 Å². The minimum Gasteiger partial charge on any atom is -0.233 e. The summed E-state index contributed by atoms with van der Waals surface area (Å²) in [5.74, 6) is 0. The first-order chi connectivity index (χ1) is 3.13. The van der Waals surface area contributed by atoms with Crippen LogP contribution in [0.25, 0.3) is 0 Å². The summed E-state index contributed by atoms with van der Waals surface area (Å²) in [4.78, 5) is 0. The van der Waals surface area contributed by atoms with Crippen molar-refractivity contribution < 1.29 is 5.11 Å². The summed E-state index contributed by atoms with van der Waals surface area (Å²) in [6.45, 7) is 7.11. The highest BCUT2D eigenvalue weighted by Crippen LogP contribution is 1.99. The van der Waals surface area contributed by atoms with Gasteiger partial charge in [0.2, 0.25) is 0 Å². The van der Waals surface area contributed by atoms with Crippen LogP contribution in [0.3, 0.4) is 0 Å². The van der Waals surface area contributed by atoms with Crippen LogP contribution >= 0.6 is 0 Å². The third-order valence-corrected chi connectivity index (χ3v) is 0.636. The molecule has 1 unspecified atom stereocenters. The van der Waals surface area contributed by atoms with Gasteiger partial charge in [0.25, 0.3) is 0 Å². The molecule has 0 spiro atoms. The average molecular weight is 99.2 g/mol. The SMILES string of the molecule is C=C(C)CC(C)[O]. The highest BCUT2D eigenvalue weighted by atomic mass is 16.3. The van der Waals surface area contributed by atoms with E-state index in [1.807, 2.05) is 6.92 Å². The Kier molecular flexibility index (Phi) is 2.68. The summed E-state index contributed by atoms with van der Waals surface area (Å²) in [7, 11) is 0. The summed E-state index contributed by atoms with van der Waals surface area (Å²) < 4.78 is 0. The quantitative estimate of drug-likeness (QED) is 0.470. The van der Waals surface area contributed by atoms with Gasteiger partial charge in [0, 0.05) is 0 Å². The molecule has 7 heavy (non-hydrogen) atoms. The van der Waals surface area contributed by atoms with Crippen molar-refractivity contribution in [3.63, 3.8) is 0 Å². The minimum absolute atomic E-state index is 0.475. The van der Waals surface area contributed by atoms with Crippen molar-refractivity contribution in [1.29, 1.82) is 0 Å². The first kappa shape index (κ1) is 6.70. The molecule has 1 nitrogen and oxygen atoms in total. The fourth-order valence-corrected chi connectivity index (χ4v) is 0.491. The molecular weight excluding hydrogens is 88.1 g/mol. The first-order valence-corrected chi connectivity index (χ1v) is 2.43. The summed E-state index contributed by atoms with van der Waals surface area (Å²) in [6, 6.07) is 0. The Morgan fingerprint density at radius 2 is 2.29 bits per heavy atom. The molecule has 0 aromatic rings. The molecule has 41 valence electrons. The Morgan fingerprint density at radius 3 is 2.29 bits per heavy atom. The van der Waals surface area contributed by atoms with E-state index >= 15 is 0 Å². The van der Waals surface area contributed by atoms with Gasteiger partial charge in [0.05, 0.1) is 6.10 Å². The number of hydrogen-bond acceptors (Lipinski definition) is 0. The molecule has 0 bridgehead atoms. The molecule has 1 atom stereocenters. The molecule has 0 heterocycles. The van der Waals surface area contributed by atoms with Gasteiger partial charge in [-0.25, -0.2) is 5.11 Å². The van der Waals surface area contributed by atoms with E-state index in [1.165, 1.54) is 0 Å². The zero-order valence-corrected chi connectivity index (χ0v) is 4.90. The largest absolute Gasteiger partial charge is 0.233 e. The predicted octanol–water partition coefficient (Wildman–Crippen LogP) is 1.77. The molecule has 0 N–H and O–H groups in total. The van der Waals surface area contributed by atoms with Crippen LogP contribution in [-0.2, 0) is 5.11 Å². The van der Waals surface area contributed by atoms with Crippen molar-refractivity contribution in [3.05, 3.63) is 12.2 Å². The van der Waals surface area contributed by atoms with Crippen molar-refractivity contribution in [3.8, 4) is 0 Å². The van der Waals surface area contributed by atoms with Crippen LogP contribution < -0.4 is 0 Å². The van der Waals surface area contributed by atoms with Crippen molar-refractivity contribution in [1.82, 2.24) is 0 Å². The van der Waals surface area contributed by atoms with E-state index < -0.39 is 6.10 Å². The topological polar surface area (TPSA) is 19.9 Å². The van der Waals surface area contributed by atoms with Crippen molar-refractivity contribution >= 4 is 0 Å². The summed E-state index contributed by atoms with van der Waals surface area (Å²) in [5.41, 5.74) is 0.975. The molecule has 0 fully saturated rings. The molecule has 0 aromatic carbocycles. The van der Waals surface area contributed by atoms with Crippen molar-refractivity contribution in [2.45, 2.75) is 26.4 Å². The Balaban J connectivity index is 3.13. The Morgan fingerprint density at radius 1 is 1.86 bits per heavy atom. The van der Waals surface area contributed by atoms with E-state index in [0.717, 1.165) is 5.57 Å². The van der Waals surface area contributed by atoms with E-state index in [9.17, 15) is 5.11 Å². The zero-order chi connectivity index (χ0) is 5.86. The van der Waals surface area contributed by atoms with Gasteiger partial charge in [-0.3, -0.25) is 0 Å². The molecule has 0 aliphatic heterocycles. The molecule has 0 aliphatic rings. The summed E-state index contributed by atoms with van der Waals surface area (Å²) in [5, 5.41) is 10.3. The Bertz CT molecular complexity index is 64.6. The van der Waals surface area contributed by atoms with Crippen LogP contribution in [0, 0.1) is 0 Å². The Hall–Kier alpha value is -0.300. The molecule has 0 amide bonds. The van der Waals surface area contributed by atoms with Crippen LogP contribution in [-0.4, -0.2) is 6.10 Å². The monoisotopic (exact) mass is 99.1 g/mol. The standard InChI is InChI=1S/C6H11O/c1-5(2)4-6(3)7/h6H,1,4H2,2-3H3. The second-order valence-corrected chi connectivity index (χ2v) is 1.97. The minimum atomic E-state index is -0.475. The van der Waals surface area contributed by atoms with Crippen molar-refractivity contribution in [2.75, 3.05) is 0 Å². The lowest BCUT2D eigenvalue weighted by atomic mass is 10.2. The fourth-order valence-electron chi connectivity index (χ4n) is 0.491. The van der Waals surface area contributed by atoms with Gasteiger partial charge in [-0.15, -0.1) is 6.58 Å². The molecule has 1 heteroatoms. The average Bonchev–Trinajstić information content (AvgIpc) is 1.27. The maximum absolute atomic E-state index is 10.3. The summed E-state index contributed by atoms with van der Waals surface area (Å²) in [6.07, 6.45) is 0.137. The van der Waals surface area contributed by atoms with Gasteiger partial charge in [-0.2, -0.15) is 0 Å². The number of hydrogen-bond donors (Lipinski definition) is 0. The van der Waals surface area contributed by atoms with Gasteiger partial charge < -0.3 is 0 Å². The first-order valence-electron chi connectivity index (χ1n) is 2.43. The van der Waals surface area contributed by atoms with Crippen LogP contribution in [0.2, 0.25) is 0 Å². The third-order valence-electron chi connectivity index (χ3n) is 0.636. The second kappa shape index (κ2) is 2.80. The maximum Gasteiger partial charge on any atom is 0.0938 e. The second-order valence-electron chi connectivity index (χ2n) is 1.97. The maximum atomic E-state index is 10.3. The van der Waals surface area contributed by atoms with E-state index in [-0.39, 0.29) is 0 Å². The number of rotatable bonds is 2. The molecule has 0 aliphatic carbocycles. The van der Waals surface area contributed by atoms with E-state index in [4.69, 9.17) is 0 Å². The lowest BCUT2D eigenvalue weighted by Gasteiger charge is -1.96. The van der Waals surface area contributed by atoms with Gasteiger partial charge in [0.15, 0.2) is 0 Å². The molecule has 0 aromatic heterocycles. The molecular formula is C6H11O. The normalized spacial score (nSPS) is 13.6. The van der Waals surface area contributed by atoms with E-state index in [1.54, 1.807) is 6.92 Å². The van der Waals surface area contributed by atoms with E-state index in [2.05, 4.69) is 6.58 Å².